The zero-order valence-electron chi connectivity index (χ0n) is 17.9. The molecule has 0 spiro atoms. The molecule has 4 rings (SSSR count). The smallest absolute Gasteiger partial charge is 0.405 e. The first-order valence-corrected chi connectivity index (χ1v) is 10.7. The lowest BCUT2D eigenvalue weighted by atomic mass is 10.1. The van der Waals surface area contributed by atoms with Crippen molar-refractivity contribution in [3.05, 3.63) is 90.0 Å². The molecule has 1 fully saturated rings. The molecule has 0 unspecified atom stereocenters. The van der Waals surface area contributed by atoms with E-state index in [2.05, 4.69) is 27.1 Å². The van der Waals surface area contributed by atoms with E-state index >= 15 is 0 Å². The summed E-state index contributed by atoms with van der Waals surface area (Å²) in [6.07, 6.45) is -4.75. The number of ether oxygens (including phenoxy) is 1. The molecule has 1 aliphatic rings. The Kier molecular flexibility index (Phi) is 6.72. The fraction of sp³-hybridized carbons (Fsp3) is 0.240. The Balaban J connectivity index is 1.32. The van der Waals surface area contributed by atoms with Gasteiger partial charge in [0.05, 0.1) is 0 Å². The number of benzene rings is 3. The number of carbonyl (C=O) groups is 1. The Morgan fingerprint density at radius 1 is 0.848 bits per heavy atom. The predicted molar refractivity (Wildman–Crippen MR) is 121 cm³/mol. The quantitative estimate of drug-likeness (QED) is 0.558. The van der Waals surface area contributed by atoms with Crippen LogP contribution >= 0.6 is 0 Å². The average Bonchev–Trinajstić information content (AvgIpc) is 2.83. The van der Waals surface area contributed by atoms with Gasteiger partial charge in [0.2, 0.25) is 0 Å². The normalized spacial score (nSPS) is 14.2. The highest BCUT2D eigenvalue weighted by atomic mass is 19.4. The second-order valence-electron chi connectivity index (χ2n) is 7.70. The fourth-order valence-electron chi connectivity index (χ4n) is 3.79. The first-order valence-electron chi connectivity index (χ1n) is 10.7. The van der Waals surface area contributed by atoms with Gasteiger partial charge in [-0.3, -0.25) is 4.79 Å². The third kappa shape index (κ3) is 5.97. The Hall–Kier alpha value is -3.68. The van der Waals surface area contributed by atoms with Crippen LogP contribution in [0.3, 0.4) is 0 Å². The van der Waals surface area contributed by atoms with Crippen LogP contribution in [0, 0.1) is 0 Å². The van der Waals surface area contributed by atoms with Gasteiger partial charge in [-0.25, -0.2) is 0 Å². The third-order valence-corrected chi connectivity index (χ3v) is 5.50. The van der Waals surface area contributed by atoms with E-state index < -0.39 is 6.36 Å². The Morgan fingerprint density at radius 2 is 1.48 bits per heavy atom. The van der Waals surface area contributed by atoms with E-state index in [-0.39, 0.29) is 18.2 Å². The standard InChI is InChI=1S/C25H24F3N3O2/c26-25(27,28)33-23-9-5-4-6-20(23)18-29-21-12-10-19(11-13-21)24(32)31-16-14-30(15-17-31)22-7-2-1-3-8-22/h1-13,29H,14-18H2. The number of nitrogens with zero attached hydrogens (tertiary/aromatic N) is 2. The van der Waals surface area contributed by atoms with Crippen molar-refractivity contribution in [3.8, 4) is 5.75 Å². The lowest BCUT2D eigenvalue weighted by Gasteiger charge is -2.36. The first-order chi connectivity index (χ1) is 15.9. The summed E-state index contributed by atoms with van der Waals surface area (Å²) in [5, 5.41) is 3.08. The van der Waals surface area contributed by atoms with Crippen molar-refractivity contribution in [3.63, 3.8) is 0 Å². The Labute approximate surface area is 190 Å². The molecule has 1 saturated heterocycles. The average molecular weight is 455 g/mol. The van der Waals surface area contributed by atoms with Crippen LogP contribution in [0.1, 0.15) is 15.9 Å². The van der Waals surface area contributed by atoms with Gasteiger partial charge in [0, 0.05) is 55.2 Å². The number of para-hydroxylation sites is 2. The second-order valence-corrected chi connectivity index (χ2v) is 7.70. The van der Waals surface area contributed by atoms with Gasteiger partial charge in [0.25, 0.3) is 5.91 Å². The number of rotatable bonds is 6. The molecule has 0 saturated carbocycles. The highest BCUT2D eigenvalue weighted by Gasteiger charge is 2.32. The fourth-order valence-corrected chi connectivity index (χ4v) is 3.79. The molecular formula is C25H24F3N3O2. The van der Waals surface area contributed by atoms with Crippen molar-refractivity contribution >= 4 is 17.3 Å². The van der Waals surface area contributed by atoms with Gasteiger partial charge >= 0.3 is 6.36 Å². The van der Waals surface area contributed by atoms with Crippen LogP contribution in [0.4, 0.5) is 24.5 Å². The number of alkyl halides is 3. The van der Waals surface area contributed by atoms with Crippen LogP contribution in [0.25, 0.3) is 0 Å². The molecule has 1 aliphatic heterocycles. The molecule has 3 aromatic rings. The molecule has 172 valence electrons. The van der Waals surface area contributed by atoms with Gasteiger partial charge in [-0.1, -0.05) is 36.4 Å². The lowest BCUT2D eigenvalue weighted by Crippen LogP contribution is -2.48. The van der Waals surface area contributed by atoms with Crippen LogP contribution < -0.4 is 15.0 Å². The summed E-state index contributed by atoms with van der Waals surface area (Å²) in [6.45, 7) is 2.98. The number of halogens is 3. The number of carbonyl (C=O) groups excluding carboxylic acids is 1. The summed E-state index contributed by atoms with van der Waals surface area (Å²) in [7, 11) is 0. The first kappa shape index (κ1) is 22.5. The number of nitrogens with one attached hydrogen (secondary N) is 1. The van der Waals surface area contributed by atoms with Crippen molar-refractivity contribution in [2.75, 3.05) is 36.4 Å². The van der Waals surface area contributed by atoms with Crippen molar-refractivity contribution < 1.29 is 22.7 Å². The zero-order chi connectivity index (χ0) is 23.3. The van der Waals surface area contributed by atoms with E-state index in [1.165, 1.54) is 12.1 Å². The molecule has 0 aliphatic carbocycles. The molecule has 8 heteroatoms. The minimum atomic E-state index is -4.75. The van der Waals surface area contributed by atoms with Gasteiger partial charge in [0.15, 0.2) is 0 Å². The van der Waals surface area contributed by atoms with Gasteiger partial charge in [-0.2, -0.15) is 0 Å². The van der Waals surface area contributed by atoms with E-state index in [1.807, 2.05) is 23.1 Å². The molecule has 3 aromatic carbocycles. The second kappa shape index (κ2) is 9.85. The van der Waals surface area contributed by atoms with E-state index in [9.17, 15) is 18.0 Å². The summed E-state index contributed by atoms with van der Waals surface area (Å²) in [5.74, 6) is -0.267. The molecule has 0 bridgehead atoms. The number of amides is 1. The molecule has 0 atom stereocenters. The maximum Gasteiger partial charge on any atom is 0.573 e. The Morgan fingerprint density at radius 3 is 2.15 bits per heavy atom. The summed E-state index contributed by atoms with van der Waals surface area (Å²) in [6, 6.07) is 23.1. The topological polar surface area (TPSA) is 44.8 Å². The molecule has 33 heavy (non-hydrogen) atoms. The predicted octanol–water partition coefficient (Wildman–Crippen LogP) is 5.16. The minimum absolute atomic E-state index is 0.0295. The summed E-state index contributed by atoms with van der Waals surface area (Å²) in [5.41, 5.74) is 2.81. The third-order valence-electron chi connectivity index (χ3n) is 5.50. The number of hydrogen-bond donors (Lipinski definition) is 1. The van der Waals surface area contributed by atoms with Crippen LogP contribution in [0.5, 0.6) is 5.75 Å². The maximum atomic E-state index is 12.9. The van der Waals surface area contributed by atoms with E-state index in [0.717, 1.165) is 18.8 Å². The van der Waals surface area contributed by atoms with Crippen LogP contribution in [-0.2, 0) is 6.54 Å². The molecule has 1 N–H and O–H groups in total. The van der Waals surface area contributed by atoms with Crippen molar-refractivity contribution in [2.24, 2.45) is 0 Å². The molecule has 0 aromatic heterocycles. The highest BCUT2D eigenvalue weighted by molar-refractivity contribution is 5.94. The largest absolute Gasteiger partial charge is 0.573 e. The molecule has 5 nitrogen and oxygen atoms in total. The summed E-state index contributed by atoms with van der Waals surface area (Å²) < 4.78 is 41.8. The maximum absolute atomic E-state index is 12.9. The van der Waals surface area contributed by atoms with Crippen molar-refractivity contribution in [1.82, 2.24) is 4.90 Å². The molecule has 0 radical (unpaired) electrons. The highest BCUT2D eigenvalue weighted by Crippen LogP contribution is 2.27. The van der Waals surface area contributed by atoms with Crippen molar-refractivity contribution in [1.29, 1.82) is 0 Å². The monoisotopic (exact) mass is 455 g/mol. The molecule has 1 heterocycles. The molecule has 1 amide bonds. The van der Waals surface area contributed by atoms with Crippen LogP contribution in [0.2, 0.25) is 0 Å². The summed E-state index contributed by atoms with van der Waals surface area (Å²) >= 11 is 0. The molecular weight excluding hydrogens is 431 g/mol. The van der Waals surface area contributed by atoms with Crippen LogP contribution in [-0.4, -0.2) is 43.3 Å². The van der Waals surface area contributed by atoms with E-state index in [4.69, 9.17) is 0 Å². The lowest BCUT2D eigenvalue weighted by molar-refractivity contribution is -0.274. The van der Waals surface area contributed by atoms with E-state index in [0.29, 0.717) is 29.9 Å². The van der Waals surface area contributed by atoms with E-state index in [1.54, 1.807) is 36.4 Å². The Bertz CT molecular complexity index is 1060. The van der Waals surface area contributed by atoms with Gasteiger partial charge in [-0.05, 0) is 42.5 Å². The number of anilines is 2. The number of hydrogen-bond acceptors (Lipinski definition) is 4. The zero-order valence-corrected chi connectivity index (χ0v) is 17.9. The van der Waals surface area contributed by atoms with Gasteiger partial charge in [0.1, 0.15) is 5.75 Å². The SMILES string of the molecule is O=C(c1ccc(NCc2ccccc2OC(F)(F)F)cc1)N1CCN(c2ccccc2)CC1. The van der Waals surface area contributed by atoms with Crippen LogP contribution in [0.15, 0.2) is 78.9 Å². The van der Waals surface area contributed by atoms with Gasteiger partial charge < -0.3 is 19.9 Å². The van der Waals surface area contributed by atoms with Gasteiger partial charge in [-0.15, -0.1) is 13.2 Å². The number of piperazine rings is 1. The minimum Gasteiger partial charge on any atom is -0.405 e. The summed E-state index contributed by atoms with van der Waals surface area (Å²) in [4.78, 5) is 17.0. The van der Waals surface area contributed by atoms with Crippen molar-refractivity contribution in [2.45, 2.75) is 12.9 Å².